The smallest absolute Gasteiger partial charge is 0.142 e. The number of rotatable bonds is 0. The Labute approximate surface area is 500 Å². The van der Waals surface area contributed by atoms with Crippen LogP contribution >= 0.6 is 0 Å². The van der Waals surface area contributed by atoms with Gasteiger partial charge in [0.25, 0.3) is 0 Å². The first-order valence-electron chi connectivity index (χ1n) is 31.7. The first kappa shape index (κ1) is 63.9. The zero-order chi connectivity index (χ0) is 59.7. The second kappa shape index (κ2) is 26.9. The van der Waals surface area contributed by atoms with Crippen LogP contribution in [0, 0.1) is 0 Å². The van der Waals surface area contributed by atoms with Gasteiger partial charge < -0.3 is 25.4 Å². The topological polar surface area (TPSA) is 54.5 Å². The zero-order valence-corrected chi connectivity index (χ0v) is 54.7. The Morgan fingerprint density at radius 1 is 0.256 bits per heavy atom. The molecule has 0 unspecified atom stereocenters. The third kappa shape index (κ3) is 18.2. The van der Waals surface area contributed by atoms with Gasteiger partial charge in [-0.15, -0.1) is 0 Å². The summed E-state index contributed by atoms with van der Waals surface area (Å²) in [5.41, 5.74) is 24.5. The Bertz CT molecular complexity index is 2700. The van der Waals surface area contributed by atoms with Gasteiger partial charge in [0.05, 0.1) is 12.3 Å². The van der Waals surface area contributed by atoms with Crippen LogP contribution in [0.4, 0.5) is 17.1 Å². The van der Waals surface area contributed by atoms with Crippen LogP contribution in [-0.4, -0.2) is 32.8 Å². The van der Waals surface area contributed by atoms with Crippen molar-refractivity contribution in [3.8, 4) is 11.5 Å². The maximum atomic E-state index is 5.66. The number of anilines is 3. The Balaban J connectivity index is 0.000000142. The third-order valence-corrected chi connectivity index (χ3v) is 17.1. The number of benzene rings is 6. The fraction of sp³-hybridized carbons (Fsp3) is 0.532. The molecule has 0 saturated heterocycles. The normalized spacial score (nSPS) is 15.8. The highest BCUT2D eigenvalue weighted by Gasteiger charge is 2.23. The molecule has 0 saturated carbocycles. The van der Waals surface area contributed by atoms with E-state index in [0.717, 1.165) is 56.5 Å². The molecule has 6 aromatic rings. The highest BCUT2D eigenvalue weighted by atomic mass is 16.5. The average Bonchev–Trinajstić information content (AvgIpc) is 4.17. The van der Waals surface area contributed by atoms with E-state index in [-0.39, 0.29) is 21.7 Å². The highest BCUT2D eigenvalue weighted by Crippen LogP contribution is 2.36. The molecule has 0 fully saturated rings. The third-order valence-electron chi connectivity index (χ3n) is 17.1. The van der Waals surface area contributed by atoms with Crippen LogP contribution < -0.4 is 25.4 Å². The van der Waals surface area contributed by atoms with Gasteiger partial charge in [-0.25, -0.2) is 0 Å². The van der Waals surface area contributed by atoms with Crippen molar-refractivity contribution in [2.45, 2.75) is 234 Å². The predicted molar refractivity (Wildman–Crippen MR) is 356 cm³/mol. The largest absolute Gasteiger partial charge is 0.493 e. The summed E-state index contributed by atoms with van der Waals surface area (Å²) >= 11 is 0. The van der Waals surface area contributed by atoms with E-state index < -0.39 is 0 Å². The first-order valence-corrected chi connectivity index (χ1v) is 31.7. The van der Waals surface area contributed by atoms with E-state index in [2.05, 4.69) is 250 Å². The molecule has 0 atom stereocenters. The number of hydrogen-bond acceptors (Lipinski definition) is 5. The number of hydrogen-bond donors (Lipinski definition) is 3. The summed E-state index contributed by atoms with van der Waals surface area (Å²) in [6.45, 7) is 45.4. The van der Waals surface area contributed by atoms with E-state index in [1.807, 2.05) is 0 Å². The van der Waals surface area contributed by atoms with Crippen LogP contribution in [0.5, 0.6) is 11.5 Å². The molecule has 6 aromatic carbocycles. The molecule has 444 valence electrons. The molecule has 0 aromatic heterocycles. The molecular formula is C77H109N3O2. The molecule has 12 rings (SSSR count). The molecule has 2 aliphatic carbocycles. The number of aryl methyl sites for hydroxylation is 6. The number of nitrogens with one attached hydrogen (secondary N) is 3. The summed E-state index contributed by atoms with van der Waals surface area (Å²) in [7, 11) is 0. The van der Waals surface area contributed by atoms with Gasteiger partial charge in [0, 0.05) is 31.0 Å². The molecule has 0 bridgehead atoms. The molecule has 3 N–H and O–H groups in total. The minimum Gasteiger partial charge on any atom is -0.493 e. The first-order chi connectivity index (χ1) is 38.4. The van der Waals surface area contributed by atoms with Gasteiger partial charge in [0.2, 0.25) is 0 Å². The summed E-state index contributed by atoms with van der Waals surface area (Å²) in [4.78, 5) is 0. The number of ether oxygens (including phenoxy) is 2. The van der Waals surface area contributed by atoms with Crippen molar-refractivity contribution in [1.82, 2.24) is 0 Å². The lowest BCUT2D eigenvalue weighted by Gasteiger charge is -2.24. The van der Waals surface area contributed by atoms with Gasteiger partial charge in [-0.05, 0) is 212 Å². The van der Waals surface area contributed by atoms with Crippen LogP contribution in [0.25, 0.3) is 0 Å². The summed E-state index contributed by atoms with van der Waals surface area (Å²) in [5.74, 6) is 2.08. The van der Waals surface area contributed by atoms with Gasteiger partial charge in [-0.1, -0.05) is 203 Å². The molecule has 5 nitrogen and oxygen atoms in total. The minimum absolute atomic E-state index is 0.203. The summed E-state index contributed by atoms with van der Waals surface area (Å²) in [6, 6.07) is 40.8. The van der Waals surface area contributed by atoms with Crippen LogP contribution in [0.3, 0.4) is 0 Å². The quantitative estimate of drug-likeness (QED) is 0.142. The highest BCUT2D eigenvalue weighted by molar-refractivity contribution is 5.61. The van der Waals surface area contributed by atoms with Crippen LogP contribution in [0.1, 0.15) is 229 Å². The fourth-order valence-electron chi connectivity index (χ4n) is 11.3. The lowest BCUT2D eigenvalue weighted by atomic mass is 9.82. The Hall–Kier alpha value is -5.68. The standard InChI is InChI=1S/C14H20.C13H19N.C13H18O.C13H18.C12H17NO.C12H17N/c1-14(2,3)13-9-8-11-6-4-5-7-12(11)10-13;2*1-13(2,3)11-7-6-10-5-4-8-14-12(10)9-11;1-13(2,3)12-8-7-10-5-4-6-11(10)9-12;1-12(2,3)9-4-5-11-10(8-9)13-6-7-14-11;1-12(2,3)10-5-4-9-6-7-13-11(9)8-10/h8-10H,4-7H2,1-3H3;6-7,9,14H,4-5,8H2,1-3H3;6-7,9H,4-5,8H2,1-3H3;7-9H,4-6H2,1-3H3;4-5,8,13H,6-7H2,1-3H3;4-5,8,13H,6-7H2,1-3H3. The second-order valence-electron chi connectivity index (χ2n) is 30.2. The Kier molecular flexibility index (Phi) is 21.0. The molecule has 82 heavy (non-hydrogen) atoms. The van der Waals surface area contributed by atoms with E-state index in [0.29, 0.717) is 10.8 Å². The van der Waals surface area contributed by atoms with Crippen molar-refractivity contribution in [3.05, 3.63) is 182 Å². The van der Waals surface area contributed by atoms with Gasteiger partial charge in [0.15, 0.2) is 0 Å². The summed E-state index contributed by atoms with van der Waals surface area (Å²) < 4.78 is 11.2. The molecule has 4 aliphatic heterocycles. The Morgan fingerprint density at radius 2 is 0.610 bits per heavy atom. The van der Waals surface area contributed by atoms with Crippen LogP contribution in [0.2, 0.25) is 0 Å². The monoisotopic (exact) mass is 1110 g/mol. The van der Waals surface area contributed by atoms with Crippen molar-refractivity contribution in [3.63, 3.8) is 0 Å². The van der Waals surface area contributed by atoms with Crippen LogP contribution in [0.15, 0.2) is 109 Å². The van der Waals surface area contributed by atoms with Gasteiger partial charge in [0.1, 0.15) is 18.1 Å². The predicted octanol–water partition coefficient (Wildman–Crippen LogP) is 19.7. The minimum atomic E-state index is 0.203. The van der Waals surface area contributed by atoms with E-state index in [1.165, 1.54) is 132 Å². The second-order valence-corrected chi connectivity index (χ2v) is 30.2. The zero-order valence-electron chi connectivity index (χ0n) is 54.7. The molecule has 5 heteroatoms. The van der Waals surface area contributed by atoms with Crippen molar-refractivity contribution in [2.24, 2.45) is 0 Å². The van der Waals surface area contributed by atoms with E-state index in [1.54, 1.807) is 22.3 Å². The number of fused-ring (bicyclic) bond motifs is 6. The molecular weight excluding hydrogens is 999 g/mol. The maximum absolute atomic E-state index is 5.66. The van der Waals surface area contributed by atoms with Gasteiger partial charge >= 0.3 is 0 Å². The van der Waals surface area contributed by atoms with Crippen LogP contribution in [-0.2, 0) is 77.4 Å². The lowest BCUT2D eigenvalue weighted by Crippen LogP contribution is -2.19. The Morgan fingerprint density at radius 3 is 1.13 bits per heavy atom. The summed E-state index contributed by atoms with van der Waals surface area (Å²) in [5, 5.41) is 10.2. The average molecular weight is 1110 g/mol. The van der Waals surface area contributed by atoms with Crippen molar-refractivity contribution in [1.29, 1.82) is 0 Å². The van der Waals surface area contributed by atoms with E-state index in [9.17, 15) is 0 Å². The fourth-order valence-corrected chi connectivity index (χ4v) is 11.3. The van der Waals surface area contributed by atoms with Crippen molar-refractivity contribution >= 4 is 17.1 Å². The molecule has 0 radical (unpaired) electrons. The summed E-state index contributed by atoms with van der Waals surface area (Å²) in [6.07, 6.45) is 15.3. The van der Waals surface area contributed by atoms with E-state index in [4.69, 9.17) is 9.47 Å². The maximum Gasteiger partial charge on any atom is 0.142 e. The molecule has 0 amide bonds. The lowest BCUT2D eigenvalue weighted by molar-refractivity contribution is 0.287. The SMILES string of the molecule is CC(C)(C)c1ccc2c(c1)CCC2.CC(C)(C)c1ccc2c(c1)CCCC2.CC(C)(C)c1ccc2c(c1)NCC2.CC(C)(C)c1ccc2c(c1)NCCC2.CC(C)(C)c1ccc2c(c1)NCCO2.CC(C)(C)c1ccc2c(c1)OCCC2. The van der Waals surface area contributed by atoms with E-state index >= 15 is 0 Å². The van der Waals surface area contributed by atoms with Crippen molar-refractivity contribution < 1.29 is 9.47 Å². The molecule has 6 aliphatic rings. The van der Waals surface area contributed by atoms with Crippen molar-refractivity contribution in [2.75, 3.05) is 48.8 Å². The van der Waals surface area contributed by atoms with Gasteiger partial charge in [-0.3, -0.25) is 0 Å². The van der Waals surface area contributed by atoms with Gasteiger partial charge in [-0.2, -0.15) is 0 Å². The molecule has 0 spiro atoms. The molecule has 4 heterocycles.